The highest BCUT2D eigenvalue weighted by atomic mass is 16.6. The Balaban J connectivity index is 3.00. The van der Waals surface area contributed by atoms with Gasteiger partial charge in [-0.3, -0.25) is 15.1 Å². The number of nitro groups is 1. The Hall–Kier alpha value is -2.11. The van der Waals surface area contributed by atoms with Crippen molar-refractivity contribution < 1.29 is 4.92 Å². The summed E-state index contributed by atoms with van der Waals surface area (Å²) in [5.74, 6) is 0.541. The van der Waals surface area contributed by atoms with E-state index in [0.29, 0.717) is 11.6 Å². The number of rotatable bonds is 4. The number of aliphatic imine (C=N–C) groups is 1. The molecule has 0 radical (unpaired) electrons. The van der Waals surface area contributed by atoms with Crippen LogP contribution in [0, 0.1) is 10.1 Å². The smallest absolute Gasteiger partial charge is 0.292 e. The third kappa shape index (κ3) is 4.95. The molecule has 1 aromatic rings. The number of nitrogens with one attached hydrogen (secondary N) is 2. The van der Waals surface area contributed by atoms with Gasteiger partial charge < -0.3 is 10.6 Å². The van der Waals surface area contributed by atoms with Gasteiger partial charge in [0, 0.05) is 18.2 Å². The summed E-state index contributed by atoms with van der Waals surface area (Å²) in [6.07, 6.45) is 0. The van der Waals surface area contributed by atoms with Crippen LogP contribution in [-0.2, 0) is 0 Å². The predicted molar refractivity (Wildman–Crippen MR) is 77.6 cm³/mol. The molecule has 0 atom stereocenters. The summed E-state index contributed by atoms with van der Waals surface area (Å²) < 4.78 is 0. The van der Waals surface area contributed by atoms with Crippen molar-refractivity contribution in [1.29, 1.82) is 0 Å². The quantitative estimate of drug-likeness (QED) is 0.379. The van der Waals surface area contributed by atoms with Crippen LogP contribution in [0.25, 0.3) is 0 Å². The average molecular weight is 264 g/mol. The Morgan fingerprint density at radius 3 is 2.42 bits per heavy atom. The van der Waals surface area contributed by atoms with Crippen molar-refractivity contribution in [3.63, 3.8) is 0 Å². The lowest BCUT2D eigenvalue weighted by Gasteiger charge is -2.16. The van der Waals surface area contributed by atoms with Crippen LogP contribution in [-0.4, -0.2) is 23.0 Å². The monoisotopic (exact) mass is 264 g/mol. The van der Waals surface area contributed by atoms with Gasteiger partial charge in [0.05, 0.1) is 4.92 Å². The molecule has 0 unspecified atom stereocenters. The topological polar surface area (TPSA) is 79.6 Å². The van der Waals surface area contributed by atoms with E-state index in [9.17, 15) is 10.1 Å². The Morgan fingerprint density at radius 1 is 1.26 bits per heavy atom. The number of nitrogens with zero attached hydrogens (tertiary/aromatic N) is 2. The highest BCUT2D eigenvalue weighted by Crippen LogP contribution is 2.22. The van der Waals surface area contributed by atoms with Crippen molar-refractivity contribution in [3.05, 3.63) is 34.4 Å². The molecular weight excluding hydrogens is 244 g/mol. The normalized spacial score (nSPS) is 11.8. The molecule has 19 heavy (non-hydrogen) atoms. The van der Waals surface area contributed by atoms with Crippen molar-refractivity contribution in [2.24, 2.45) is 4.99 Å². The Morgan fingerprint density at radius 2 is 1.89 bits per heavy atom. The summed E-state index contributed by atoms with van der Waals surface area (Å²) in [7, 11) is 0. The Labute approximate surface area is 113 Å². The molecule has 0 bridgehead atoms. The number of hydrogen-bond donors (Lipinski definition) is 2. The van der Waals surface area contributed by atoms with Gasteiger partial charge in [0.2, 0.25) is 0 Å². The summed E-state index contributed by atoms with van der Waals surface area (Å²) in [6, 6.07) is 6.79. The zero-order valence-electron chi connectivity index (χ0n) is 11.7. The average Bonchev–Trinajstić information content (AvgIpc) is 2.27. The fraction of sp³-hybridized carbons (Fsp3) is 0.462. The summed E-state index contributed by atoms with van der Waals surface area (Å²) in [5.41, 5.74) is 0.463. The third-order valence-electron chi connectivity index (χ3n) is 2.17. The number of anilines is 1. The summed E-state index contributed by atoms with van der Waals surface area (Å²) in [4.78, 5) is 14.9. The lowest BCUT2D eigenvalue weighted by atomic mass is 10.2. The van der Waals surface area contributed by atoms with E-state index in [4.69, 9.17) is 0 Å². The van der Waals surface area contributed by atoms with Crippen LogP contribution in [0.1, 0.15) is 27.7 Å². The molecule has 0 saturated carbocycles. The first-order valence-corrected chi connectivity index (χ1v) is 6.25. The first-order chi connectivity index (χ1) is 8.90. The molecule has 0 saturated heterocycles. The van der Waals surface area contributed by atoms with Gasteiger partial charge in [-0.05, 0) is 33.8 Å². The summed E-state index contributed by atoms with van der Waals surface area (Å²) in [6.45, 7) is 7.86. The van der Waals surface area contributed by atoms with E-state index in [1.165, 1.54) is 6.07 Å². The van der Waals surface area contributed by atoms with Gasteiger partial charge in [0.1, 0.15) is 5.69 Å². The van der Waals surface area contributed by atoms with Gasteiger partial charge in [-0.15, -0.1) is 0 Å². The third-order valence-corrected chi connectivity index (χ3v) is 2.17. The van der Waals surface area contributed by atoms with Gasteiger partial charge in [0.15, 0.2) is 5.96 Å². The fourth-order valence-electron chi connectivity index (χ4n) is 1.50. The molecule has 0 fully saturated rings. The molecule has 2 N–H and O–H groups in total. The van der Waals surface area contributed by atoms with Crippen LogP contribution in [0.15, 0.2) is 29.3 Å². The van der Waals surface area contributed by atoms with E-state index in [0.717, 1.165) is 0 Å². The van der Waals surface area contributed by atoms with E-state index in [1.54, 1.807) is 18.2 Å². The zero-order chi connectivity index (χ0) is 14.4. The molecule has 1 rings (SSSR count). The second-order valence-corrected chi connectivity index (χ2v) is 4.77. The van der Waals surface area contributed by atoms with Gasteiger partial charge in [-0.25, -0.2) is 0 Å². The van der Waals surface area contributed by atoms with Crippen LogP contribution < -0.4 is 10.6 Å². The van der Waals surface area contributed by atoms with Crippen LogP contribution >= 0.6 is 0 Å². The Kier molecular flexibility index (Phi) is 5.29. The molecule has 1 aromatic carbocycles. The van der Waals surface area contributed by atoms with E-state index in [-0.39, 0.29) is 17.8 Å². The van der Waals surface area contributed by atoms with Crippen LogP contribution in [0.2, 0.25) is 0 Å². The Bertz CT molecular complexity index is 469. The molecule has 0 aliphatic rings. The number of para-hydroxylation sites is 2. The maximum atomic E-state index is 11.0. The van der Waals surface area contributed by atoms with E-state index >= 15 is 0 Å². The number of hydrogen-bond acceptors (Lipinski definition) is 3. The molecule has 0 aliphatic carbocycles. The van der Waals surface area contributed by atoms with Gasteiger partial charge in [-0.2, -0.15) is 0 Å². The first kappa shape index (κ1) is 14.9. The largest absolute Gasteiger partial charge is 0.354 e. The minimum Gasteiger partial charge on any atom is -0.354 e. The zero-order valence-corrected chi connectivity index (χ0v) is 11.7. The maximum Gasteiger partial charge on any atom is 0.292 e. The lowest BCUT2D eigenvalue weighted by molar-refractivity contribution is -0.383. The van der Waals surface area contributed by atoms with Crippen molar-refractivity contribution in [2.45, 2.75) is 39.8 Å². The predicted octanol–water partition coefficient (Wildman–Crippen LogP) is 2.77. The van der Waals surface area contributed by atoms with E-state index in [2.05, 4.69) is 15.6 Å². The highest BCUT2D eigenvalue weighted by Gasteiger charge is 2.14. The van der Waals surface area contributed by atoms with Gasteiger partial charge in [-0.1, -0.05) is 12.1 Å². The maximum absolute atomic E-state index is 11.0. The lowest BCUT2D eigenvalue weighted by Crippen LogP contribution is -2.36. The van der Waals surface area contributed by atoms with Gasteiger partial charge >= 0.3 is 0 Å². The standard InChI is InChI=1S/C13H20N4O2/c1-9(2)14-13(15-10(3)4)16-11-7-5-6-8-12(11)17(18)19/h5-10H,1-4H3,(H2,14,15,16). The van der Waals surface area contributed by atoms with Crippen LogP contribution in [0.4, 0.5) is 11.4 Å². The summed E-state index contributed by atoms with van der Waals surface area (Å²) >= 11 is 0. The molecule has 6 nitrogen and oxygen atoms in total. The molecule has 0 aromatic heterocycles. The molecular formula is C13H20N4O2. The number of benzene rings is 1. The molecule has 0 aliphatic heterocycles. The molecule has 0 amide bonds. The number of nitro benzene ring substituents is 1. The van der Waals surface area contributed by atoms with Crippen LogP contribution in [0.5, 0.6) is 0 Å². The van der Waals surface area contributed by atoms with Crippen LogP contribution in [0.3, 0.4) is 0 Å². The first-order valence-electron chi connectivity index (χ1n) is 6.25. The van der Waals surface area contributed by atoms with Crippen molar-refractivity contribution in [2.75, 3.05) is 5.32 Å². The molecule has 104 valence electrons. The van der Waals surface area contributed by atoms with Crippen molar-refractivity contribution >= 4 is 17.3 Å². The summed E-state index contributed by atoms with van der Waals surface area (Å²) in [5, 5.41) is 17.1. The second kappa shape index (κ2) is 6.72. The SMILES string of the molecule is CC(C)N=C(Nc1ccccc1[N+](=O)[O-])NC(C)C. The minimum absolute atomic E-state index is 0.0320. The fourth-order valence-corrected chi connectivity index (χ4v) is 1.50. The molecule has 6 heteroatoms. The highest BCUT2D eigenvalue weighted by molar-refractivity contribution is 5.95. The van der Waals surface area contributed by atoms with E-state index < -0.39 is 4.92 Å². The van der Waals surface area contributed by atoms with Gasteiger partial charge in [0.25, 0.3) is 5.69 Å². The van der Waals surface area contributed by atoms with Crippen molar-refractivity contribution in [1.82, 2.24) is 5.32 Å². The molecule has 0 spiro atoms. The molecule has 0 heterocycles. The number of guanidine groups is 1. The van der Waals surface area contributed by atoms with Crippen molar-refractivity contribution in [3.8, 4) is 0 Å². The second-order valence-electron chi connectivity index (χ2n) is 4.77. The minimum atomic E-state index is -0.412. The van der Waals surface area contributed by atoms with E-state index in [1.807, 2.05) is 27.7 Å².